The van der Waals surface area contributed by atoms with Crippen molar-refractivity contribution in [2.45, 2.75) is 12.8 Å². The lowest BCUT2D eigenvalue weighted by Gasteiger charge is -2.08. The topological polar surface area (TPSA) is 58.2 Å². The largest absolute Gasteiger partial charge is 0.320 e. The highest BCUT2D eigenvalue weighted by Gasteiger charge is 2.09. The molecule has 0 amide bonds. The molecule has 2 N–H and O–H groups in total. The molecule has 0 fully saturated rings. The van der Waals surface area contributed by atoms with E-state index < -0.39 is 10.0 Å². The molecule has 0 radical (unpaired) electrons. The van der Waals surface area contributed by atoms with Gasteiger partial charge in [-0.3, -0.25) is 4.72 Å². The summed E-state index contributed by atoms with van der Waals surface area (Å²) in [5, 5.41) is 3.49. The molecule has 0 saturated carbocycles. The first-order valence-electron chi connectivity index (χ1n) is 5.44. The molecule has 0 spiro atoms. The lowest BCUT2D eigenvalue weighted by Crippen LogP contribution is -2.18. The van der Waals surface area contributed by atoms with Crippen molar-refractivity contribution in [2.75, 3.05) is 24.1 Å². The van der Waals surface area contributed by atoms with Crippen molar-refractivity contribution >= 4 is 27.3 Å². The van der Waals surface area contributed by atoms with E-state index in [2.05, 4.69) is 10.0 Å². The molecule has 0 bridgehead atoms. The lowest BCUT2D eigenvalue weighted by atomic mass is 10.3. The Labute approximate surface area is 107 Å². The van der Waals surface area contributed by atoms with E-state index in [9.17, 15) is 8.42 Å². The van der Waals surface area contributed by atoms with E-state index in [0.717, 1.165) is 13.0 Å². The third kappa shape index (κ3) is 5.91. The molecule has 4 nitrogen and oxygen atoms in total. The molecule has 0 unspecified atom stereocenters. The van der Waals surface area contributed by atoms with Crippen molar-refractivity contribution in [2.24, 2.45) is 0 Å². The van der Waals surface area contributed by atoms with Gasteiger partial charge in [0.15, 0.2) is 0 Å². The van der Waals surface area contributed by atoms with Gasteiger partial charge in [-0.1, -0.05) is 17.7 Å². The molecule has 6 heteroatoms. The molecule has 17 heavy (non-hydrogen) atoms. The Morgan fingerprint density at radius 1 is 1.29 bits per heavy atom. The van der Waals surface area contributed by atoms with Crippen LogP contribution in [-0.2, 0) is 10.0 Å². The summed E-state index contributed by atoms with van der Waals surface area (Å²) in [5.74, 6) is 0.126. The quantitative estimate of drug-likeness (QED) is 0.750. The predicted octanol–water partition coefficient (Wildman–Crippen LogP) is 2.08. The molecule has 1 aromatic carbocycles. The summed E-state index contributed by atoms with van der Waals surface area (Å²) < 4.78 is 25.9. The van der Waals surface area contributed by atoms with Crippen molar-refractivity contribution in [3.8, 4) is 0 Å². The van der Waals surface area contributed by atoms with Crippen molar-refractivity contribution in [1.29, 1.82) is 0 Å². The van der Waals surface area contributed by atoms with Crippen molar-refractivity contribution in [3.63, 3.8) is 0 Å². The van der Waals surface area contributed by atoms with Crippen LogP contribution in [-0.4, -0.2) is 27.8 Å². The molecule has 0 heterocycles. The first kappa shape index (κ1) is 14.3. The van der Waals surface area contributed by atoms with Crippen LogP contribution in [0.15, 0.2) is 24.3 Å². The summed E-state index contributed by atoms with van der Waals surface area (Å²) in [5.41, 5.74) is 0.506. The Balaban J connectivity index is 2.49. The van der Waals surface area contributed by atoms with Crippen molar-refractivity contribution in [3.05, 3.63) is 29.3 Å². The molecular formula is C11H17ClN2O2S. The highest BCUT2D eigenvalue weighted by Crippen LogP contribution is 2.16. The zero-order valence-corrected chi connectivity index (χ0v) is 11.3. The Morgan fingerprint density at radius 2 is 2.06 bits per heavy atom. The van der Waals surface area contributed by atoms with Gasteiger partial charge in [-0.05, 0) is 44.6 Å². The van der Waals surface area contributed by atoms with E-state index in [4.69, 9.17) is 11.6 Å². The average molecular weight is 277 g/mol. The predicted molar refractivity (Wildman–Crippen MR) is 72.0 cm³/mol. The van der Waals surface area contributed by atoms with Crippen LogP contribution in [0.1, 0.15) is 12.8 Å². The van der Waals surface area contributed by atoms with E-state index in [-0.39, 0.29) is 5.75 Å². The standard InChI is InChI=1S/C11H17ClN2O2S/c1-13-7-2-3-8-17(15,16)14-11-6-4-5-10(12)9-11/h4-6,9,13-14H,2-3,7-8H2,1H3. The number of unbranched alkanes of at least 4 members (excludes halogenated alkanes) is 1. The first-order chi connectivity index (χ1) is 8.03. The maximum atomic E-state index is 11.7. The van der Waals surface area contributed by atoms with Gasteiger partial charge in [-0.25, -0.2) is 8.42 Å². The summed E-state index contributed by atoms with van der Waals surface area (Å²) in [6.45, 7) is 0.826. The van der Waals surface area contributed by atoms with E-state index in [1.165, 1.54) is 0 Å². The molecule has 0 aliphatic heterocycles. The van der Waals surface area contributed by atoms with Crippen LogP contribution in [0.5, 0.6) is 0 Å². The maximum absolute atomic E-state index is 11.7. The Hall–Kier alpha value is -0.780. The van der Waals surface area contributed by atoms with E-state index in [1.807, 2.05) is 7.05 Å². The second kappa shape index (κ2) is 6.83. The van der Waals surface area contributed by atoms with Crippen molar-refractivity contribution in [1.82, 2.24) is 5.32 Å². The SMILES string of the molecule is CNCCCCS(=O)(=O)Nc1cccc(Cl)c1. The summed E-state index contributed by atoms with van der Waals surface area (Å²) >= 11 is 5.78. The van der Waals surface area contributed by atoms with Crippen LogP contribution in [0.3, 0.4) is 0 Å². The minimum absolute atomic E-state index is 0.126. The van der Waals surface area contributed by atoms with Gasteiger partial charge in [-0.2, -0.15) is 0 Å². The van der Waals surface area contributed by atoms with Crippen LogP contribution in [0.2, 0.25) is 5.02 Å². The summed E-state index contributed by atoms with van der Waals surface area (Å²) in [4.78, 5) is 0. The van der Waals surface area contributed by atoms with E-state index >= 15 is 0 Å². The van der Waals surface area contributed by atoms with Gasteiger partial charge in [0.1, 0.15) is 0 Å². The molecule has 0 aliphatic rings. The van der Waals surface area contributed by atoms with Gasteiger partial charge in [0.25, 0.3) is 0 Å². The number of nitrogens with one attached hydrogen (secondary N) is 2. The monoisotopic (exact) mass is 276 g/mol. The minimum atomic E-state index is -3.27. The third-order valence-corrected chi connectivity index (χ3v) is 3.80. The summed E-state index contributed by atoms with van der Waals surface area (Å²) in [6.07, 6.45) is 1.48. The number of hydrogen-bond donors (Lipinski definition) is 2. The molecule has 1 aromatic rings. The van der Waals surface area contributed by atoms with Crippen LogP contribution in [0.25, 0.3) is 0 Å². The zero-order chi connectivity index (χ0) is 12.7. The number of anilines is 1. The fourth-order valence-electron chi connectivity index (χ4n) is 1.38. The zero-order valence-electron chi connectivity index (χ0n) is 9.74. The lowest BCUT2D eigenvalue weighted by molar-refractivity contribution is 0.595. The molecular weight excluding hydrogens is 260 g/mol. The van der Waals surface area contributed by atoms with Gasteiger partial charge in [0.2, 0.25) is 10.0 Å². The maximum Gasteiger partial charge on any atom is 0.232 e. The smallest absolute Gasteiger partial charge is 0.232 e. The molecule has 96 valence electrons. The number of halogens is 1. The fraction of sp³-hybridized carbons (Fsp3) is 0.455. The van der Waals surface area contributed by atoms with Crippen LogP contribution in [0, 0.1) is 0 Å². The Kier molecular flexibility index (Phi) is 5.74. The molecule has 0 aromatic heterocycles. The van der Waals surface area contributed by atoms with Gasteiger partial charge >= 0.3 is 0 Å². The highest BCUT2D eigenvalue weighted by molar-refractivity contribution is 7.92. The van der Waals surface area contributed by atoms with Gasteiger partial charge < -0.3 is 5.32 Å². The average Bonchev–Trinajstić information content (AvgIpc) is 2.24. The molecule has 1 rings (SSSR count). The fourth-order valence-corrected chi connectivity index (χ4v) is 2.74. The van der Waals surface area contributed by atoms with Gasteiger partial charge in [-0.15, -0.1) is 0 Å². The second-order valence-electron chi connectivity index (χ2n) is 3.74. The number of hydrogen-bond acceptors (Lipinski definition) is 3. The van der Waals surface area contributed by atoms with E-state index in [1.54, 1.807) is 24.3 Å². The van der Waals surface area contributed by atoms with Gasteiger partial charge in [0.05, 0.1) is 5.75 Å². The van der Waals surface area contributed by atoms with Crippen LogP contribution in [0.4, 0.5) is 5.69 Å². The van der Waals surface area contributed by atoms with E-state index in [0.29, 0.717) is 17.1 Å². The normalized spacial score (nSPS) is 11.4. The molecule has 0 aliphatic carbocycles. The Morgan fingerprint density at radius 3 is 2.71 bits per heavy atom. The summed E-state index contributed by atoms with van der Waals surface area (Å²) in [6, 6.07) is 6.68. The number of rotatable bonds is 7. The third-order valence-electron chi connectivity index (χ3n) is 2.19. The molecule has 0 saturated heterocycles. The summed E-state index contributed by atoms with van der Waals surface area (Å²) in [7, 11) is -1.42. The number of sulfonamides is 1. The van der Waals surface area contributed by atoms with Gasteiger partial charge in [0, 0.05) is 10.7 Å². The Bertz CT molecular complexity index is 449. The van der Waals surface area contributed by atoms with Crippen molar-refractivity contribution < 1.29 is 8.42 Å². The van der Waals surface area contributed by atoms with Crippen LogP contribution >= 0.6 is 11.6 Å². The first-order valence-corrected chi connectivity index (χ1v) is 7.47. The molecule has 0 atom stereocenters. The highest BCUT2D eigenvalue weighted by atomic mass is 35.5. The van der Waals surface area contributed by atoms with Crippen LogP contribution < -0.4 is 10.0 Å². The second-order valence-corrected chi connectivity index (χ2v) is 6.02. The minimum Gasteiger partial charge on any atom is -0.320 e. The number of benzene rings is 1.